The van der Waals surface area contributed by atoms with Crippen LogP contribution in [0, 0.1) is 23.2 Å². The molecule has 0 saturated carbocycles. The van der Waals surface area contributed by atoms with E-state index in [0.29, 0.717) is 40.9 Å². The van der Waals surface area contributed by atoms with Crippen molar-refractivity contribution in [1.29, 1.82) is 0 Å². The Balaban J connectivity index is 0.000000232. The fourth-order valence-electron chi connectivity index (χ4n) is 8.70. The van der Waals surface area contributed by atoms with Crippen molar-refractivity contribution in [2.45, 2.75) is 64.5 Å². The van der Waals surface area contributed by atoms with Gasteiger partial charge in [0, 0.05) is 13.1 Å². The van der Waals surface area contributed by atoms with Crippen LogP contribution in [0.1, 0.15) is 60.8 Å². The summed E-state index contributed by atoms with van der Waals surface area (Å²) in [5.74, 6) is -0.930. The lowest BCUT2D eigenvalue weighted by Crippen LogP contribution is -2.45. The highest BCUT2D eigenvalue weighted by Crippen LogP contribution is 2.38. The Morgan fingerprint density at radius 1 is 0.574 bits per heavy atom. The molecule has 2 aliphatic heterocycles. The summed E-state index contributed by atoms with van der Waals surface area (Å²) < 4.78 is 21.1. The van der Waals surface area contributed by atoms with Gasteiger partial charge in [0.2, 0.25) is 0 Å². The van der Waals surface area contributed by atoms with Crippen molar-refractivity contribution in [1.82, 2.24) is 9.80 Å². The van der Waals surface area contributed by atoms with Crippen molar-refractivity contribution in [3.63, 3.8) is 0 Å². The number of hydrogen-bond acceptors (Lipinski definition) is 9. The Kier molecular flexibility index (Phi) is 17.4. The number of rotatable bonds is 19. The molecule has 328 valence electrons. The molecule has 6 rings (SSSR count). The summed E-state index contributed by atoms with van der Waals surface area (Å²) >= 11 is 0. The van der Waals surface area contributed by atoms with Crippen molar-refractivity contribution < 1.29 is 48.7 Å². The van der Waals surface area contributed by atoms with E-state index in [2.05, 4.69) is 46.2 Å². The minimum atomic E-state index is -1.88. The van der Waals surface area contributed by atoms with Crippen LogP contribution in [0.3, 0.4) is 0 Å². The number of methoxy groups -OCH3 is 4. The first-order valence-corrected chi connectivity index (χ1v) is 21.1. The SMILES string of the molecule is COc1ccc(CC(CC2CCN(Cc3ccccc3)CC2)(C(=O)O)C(=O)O)cc1OC.COc1ccc(CC(CC2CCN(Cc3ccccc3)CC2)C(=O)O)cc1OC. The second-order valence-electron chi connectivity index (χ2n) is 16.3. The highest BCUT2D eigenvalue weighted by Gasteiger charge is 2.48. The summed E-state index contributed by atoms with van der Waals surface area (Å²) in [6, 6.07) is 31.4. The van der Waals surface area contributed by atoms with E-state index in [0.717, 1.165) is 76.9 Å². The van der Waals surface area contributed by atoms with Gasteiger partial charge >= 0.3 is 17.9 Å². The number of aliphatic carboxylic acids is 3. The maximum absolute atomic E-state index is 12.3. The van der Waals surface area contributed by atoms with Gasteiger partial charge in [-0.2, -0.15) is 0 Å². The first-order chi connectivity index (χ1) is 29.5. The summed E-state index contributed by atoms with van der Waals surface area (Å²) in [6.07, 6.45) is 4.91. The van der Waals surface area contributed by atoms with Crippen LogP contribution in [0.25, 0.3) is 0 Å². The van der Waals surface area contributed by atoms with Crippen molar-refractivity contribution in [2.24, 2.45) is 23.2 Å². The van der Waals surface area contributed by atoms with Crippen molar-refractivity contribution in [3.8, 4) is 23.0 Å². The molecule has 1 unspecified atom stereocenters. The molecule has 4 aromatic carbocycles. The first kappa shape index (κ1) is 46.5. The van der Waals surface area contributed by atoms with Crippen molar-refractivity contribution in [2.75, 3.05) is 54.6 Å². The molecule has 0 bridgehead atoms. The number of hydrogen-bond donors (Lipinski definition) is 3. The van der Waals surface area contributed by atoms with E-state index >= 15 is 0 Å². The third-order valence-electron chi connectivity index (χ3n) is 12.2. The molecule has 2 saturated heterocycles. The van der Waals surface area contributed by atoms with Gasteiger partial charge in [-0.05, 0) is 136 Å². The molecular formula is C49H62N2O10. The Morgan fingerprint density at radius 2 is 1.00 bits per heavy atom. The monoisotopic (exact) mass is 838 g/mol. The lowest BCUT2D eigenvalue weighted by atomic mass is 9.72. The normalized spacial score (nSPS) is 15.8. The summed E-state index contributed by atoms with van der Waals surface area (Å²) in [7, 11) is 6.20. The maximum atomic E-state index is 12.3. The fourth-order valence-corrected chi connectivity index (χ4v) is 8.70. The van der Waals surface area contributed by atoms with Gasteiger partial charge in [0.25, 0.3) is 0 Å². The third kappa shape index (κ3) is 13.2. The molecule has 2 heterocycles. The molecule has 0 aliphatic carbocycles. The Morgan fingerprint density at radius 3 is 1.43 bits per heavy atom. The van der Waals surface area contributed by atoms with Crippen LogP contribution in [-0.4, -0.2) is 97.6 Å². The number of piperidine rings is 2. The van der Waals surface area contributed by atoms with E-state index in [9.17, 15) is 29.7 Å². The molecule has 0 radical (unpaired) electrons. The van der Waals surface area contributed by atoms with E-state index in [-0.39, 0.29) is 24.7 Å². The van der Waals surface area contributed by atoms with Crippen LogP contribution < -0.4 is 18.9 Å². The number of carboxylic acids is 3. The van der Waals surface area contributed by atoms with Crippen molar-refractivity contribution in [3.05, 3.63) is 119 Å². The molecule has 12 heteroatoms. The van der Waals surface area contributed by atoms with Gasteiger partial charge < -0.3 is 34.3 Å². The van der Waals surface area contributed by atoms with Crippen LogP contribution in [0.4, 0.5) is 0 Å². The van der Waals surface area contributed by atoms with E-state index in [1.165, 1.54) is 25.3 Å². The highest BCUT2D eigenvalue weighted by atomic mass is 16.5. The topological polar surface area (TPSA) is 155 Å². The highest BCUT2D eigenvalue weighted by molar-refractivity contribution is 5.98. The Labute approximate surface area is 360 Å². The number of benzene rings is 4. The minimum Gasteiger partial charge on any atom is -0.493 e. The Hall–Kier alpha value is -5.59. The van der Waals surface area contributed by atoms with Gasteiger partial charge in [-0.1, -0.05) is 72.8 Å². The second-order valence-corrected chi connectivity index (χ2v) is 16.3. The van der Waals surface area contributed by atoms with E-state index < -0.39 is 23.3 Å². The molecule has 1 atom stereocenters. The lowest BCUT2D eigenvalue weighted by molar-refractivity contribution is -0.166. The average molecular weight is 839 g/mol. The van der Waals surface area contributed by atoms with Crippen LogP contribution >= 0.6 is 0 Å². The fraction of sp³-hybridized carbons (Fsp3) is 0.449. The number of nitrogens with zero attached hydrogens (tertiary/aromatic N) is 2. The van der Waals surface area contributed by atoms with Gasteiger partial charge in [0.1, 0.15) is 0 Å². The average Bonchev–Trinajstić information content (AvgIpc) is 3.27. The standard InChI is InChI=1S/C25H31NO6.C24H31NO4/c1-31-21-9-8-20(14-22(21)32-2)16-25(23(27)28,24(29)30)15-18-10-12-26(13-11-18)17-19-6-4-3-5-7-19;1-28-22-9-8-20(16-23(22)29-2)15-21(24(26)27)14-18-10-12-25(13-11-18)17-19-6-4-3-5-7-19/h3-9,14,18H,10-13,15-17H2,1-2H3,(H,27,28)(H,29,30);3-9,16,18,21H,10-15,17H2,1-2H3,(H,26,27). The number of ether oxygens (including phenoxy) is 4. The van der Waals surface area contributed by atoms with Gasteiger partial charge in [0.05, 0.1) is 34.4 Å². The second kappa shape index (κ2) is 22.9. The molecule has 3 N–H and O–H groups in total. The molecule has 4 aromatic rings. The number of likely N-dealkylation sites (tertiary alicyclic amines) is 2. The molecule has 0 aromatic heterocycles. The largest absolute Gasteiger partial charge is 0.493 e. The van der Waals surface area contributed by atoms with Crippen LogP contribution in [0.5, 0.6) is 23.0 Å². The molecule has 12 nitrogen and oxygen atoms in total. The molecule has 0 amide bonds. The van der Waals surface area contributed by atoms with Crippen LogP contribution in [0.2, 0.25) is 0 Å². The van der Waals surface area contributed by atoms with E-state index in [1.807, 2.05) is 42.5 Å². The van der Waals surface area contributed by atoms with E-state index in [4.69, 9.17) is 18.9 Å². The zero-order chi connectivity index (χ0) is 43.8. The van der Waals surface area contributed by atoms with Crippen LogP contribution in [0.15, 0.2) is 97.1 Å². The Bertz CT molecular complexity index is 1980. The van der Waals surface area contributed by atoms with Gasteiger partial charge in [-0.25, -0.2) is 0 Å². The summed E-state index contributed by atoms with van der Waals surface area (Å²) in [6.45, 7) is 5.53. The van der Waals surface area contributed by atoms with E-state index in [1.54, 1.807) is 32.4 Å². The number of carbonyl (C=O) groups is 3. The van der Waals surface area contributed by atoms with Crippen LogP contribution in [-0.2, 0) is 40.3 Å². The third-order valence-corrected chi connectivity index (χ3v) is 12.2. The zero-order valence-corrected chi connectivity index (χ0v) is 36.0. The minimum absolute atomic E-state index is 0.0365. The van der Waals surface area contributed by atoms with Crippen molar-refractivity contribution >= 4 is 17.9 Å². The maximum Gasteiger partial charge on any atom is 0.321 e. The molecular weight excluding hydrogens is 777 g/mol. The van der Waals surface area contributed by atoms with Gasteiger partial charge in [-0.3, -0.25) is 24.2 Å². The molecule has 2 fully saturated rings. The molecule has 2 aliphatic rings. The number of carboxylic acid groups (broad SMARTS) is 3. The summed E-state index contributed by atoms with van der Waals surface area (Å²) in [4.78, 5) is 41.3. The summed E-state index contributed by atoms with van der Waals surface area (Å²) in [5, 5.41) is 29.8. The zero-order valence-electron chi connectivity index (χ0n) is 36.0. The predicted molar refractivity (Wildman–Crippen MR) is 233 cm³/mol. The smallest absolute Gasteiger partial charge is 0.321 e. The molecule has 61 heavy (non-hydrogen) atoms. The predicted octanol–water partition coefficient (Wildman–Crippen LogP) is 7.95. The summed E-state index contributed by atoms with van der Waals surface area (Å²) in [5.41, 5.74) is 2.25. The van der Waals surface area contributed by atoms with Gasteiger partial charge in [-0.15, -0.1) is 0 Å². The first-order valence-electron chi connectivity index (χ1n) is 21.1. The quantitative estimate of drug-likeness (QED) is 0.0785. The lowest BCUT2D eigenvalue weighted by Gasteiger charge is -2.36. The molecule has 0 spiro atoms. The van der Waals surface area contributed by atoms with Gasteiger partial charge in [0.15, 0.2) is 28.4 Å².